The number of nitrogen functional groups attached to an aromatic ring is 1. The molecule has 3 nitrogen and oxygen atoms in total. The van der Waals surface area contributed by atoms with Gasteiger partial charge in [0.25, 0.3) is 0 Å². The van der Waals surface area contributed by atoms with E-state index < -0.39 is 0 Å². The van der Waals surface area contributed by atoms with Gasteiger partial charge in [-0.05, 0) is 48.9 Å². The molecule has 0 aliphatic carbocycles. The van der Waals surface area contributed by atoms with Crippen molar-refractivity contribution in [1.82, 2.24) is 4.98 Å². The zero-order valence-electron chi connectivity index (χ0n) is 9.77. The second kappa shape index (κ2) is 4.03. The minimum Gasteiger partial charge on any atom is -0.436 e. The van der Waals surface area contributed by atoms with Gasteiger partial charge in [0, 0.05) is 16.3 Å². The van der Waals surface area contributed by atoms with Gasteiger partial charge in [0.15, 0.2) is 5.58 Å². The fourth-order valence-electron chi connectivity index (χ4n) is 1.91. The largest absolute Gasteiger partial charge is 0.436 e. The smallest absolute Gasteiger partial charge is 0.227 e. The topological polar surface area (TPSA) is 52.0 Å². The highest BCUT2D eigenvalue weighted by atomic mass is 35.5. The average molecular weight is 259 g/mol. The van der Waals surface area contributed by atoms with Crippen LogP contribution in [0, 0.1) is 6.92 Å². The van der Waals surface area contributed by atoms with Crippen molar-refractivity contribution in [2.24, 2.45) is 0 Å². The van der Waals surface area contributed by atoms with Gasteiger partial charge in [-0.2, -0.15) is 0 Å². The van der Waals surface area contributed by atoms with Crippen LogP contribution in [-0.4, -0.2) is 4.98 Å². The maximum atomic E-state index is 6.00. The number of nitrogens with two attached hydrogens (primary N) is 1. The summed E-state index contributed by atoms with van der Waals surface area (Å²) < 4.78 is 5.77. The van der Waals surface area contributed by atoms with Crippen LogP contribution in [0.5, 0.6) is 0 Å². The number of oxazole rings is 1. The van der Waals surface area contributed by atoms with Crippen LogP contribution in [0.15, 0.2) is 40.8 Å². The molecule has 90 valence electrons. The lowest BCUT2D eigenvalue weighted by Crippen LogP contribution is -1.83. The minimum atomic E-state index is 0.579. The van der Waals surface area contributed by atoms with Crippen molar-refractivity contribution < 1.29 is 4.42 Å². The van der Waals surface area contributed by atoms with Crippen molar-refractivity contribution >= 4 is 28.4 Å². The Morgan fingerprint density at radius 3 is 2.61 bits per heavy atom. The zero-order valence-corrected chi connectivity index (χ0v) is 10.5. The Hall–Kier alpha value is -2.00. The highest BCUT2D eigenvalue weighted by Crippen LogP contribution is 2.29. The molecule has 0 bridgehead atoms. The predicted octanol–water partition coefficient (Wildman–Crippen LogP) is 4.04. The number of nitrogens with zero attached hydrogens (tertiary/aromatic N) is 1. The van der Waals surface area contributed by atoms with E-state index in [0.29, 0.717) is 16.6 Å². The summed E-state index contributed by atoms with van der Waals surface area (Å²) in [5.74, 6) is 0.579. The number of anilines is 1. The quantitative estimate of drug-likeness (QED) is 0.670. The molecule has 18 heavy (non-hydrogen) atoms. The molecule has 2 aromatic carbocycles. The van der Waals surface area contributed by atoms with Crippen LogP contribution in [0.25, 0.3) is 22.6 Å². The molecule has 2 N–H and O–H groups in total. The molecular weight excluding hydrogens is 248 g/mol. The molecule has 1 aromatic heterocycles. The Morgan fingerprint density at radius 2 is 1.89 bits per heavy atom. The lowest BCUT2D eigenvalue weighted by molar-refractivity contribution is 0.617. The van der Waals surface area contributed by atoms with Crippen molar-refractivity contribution in [3.05, 3.63) is 47.0 Å². The van der Waals surface area contributed by atoms with Crippen LogP contribution in [-0.2, 0) is 0 Å². The first kappa shape index (κ1) is 11.1. The van der Waals surface area contributed by atoms with E-state index >= 15 is 0 Å². The number of rotatable bonds is 1. The number of aryl methyl sites for hydroxylation is 1. The lowest BCUT2D eigenvalue weighted by Gasteiger charge is -1.95. The SMILES string of the molecule is Cc1cc(Cl)cc2nc(-c3ccc(N)cc3)oc12. The first-order valence-corrected chi connectivity index (χ1v) is 5.94. The number of halogens is 1. The summed E-state index contributed by atoms with van der Waals surface area (Å²) in [6, 6.07) is 11.1. The third kappa shape index (κ3) is 1.83. The van der Waals surface area contributed by atoms with Crippen LogP contribution < -0.4 is 5.73 Å². The van der Waals surface area contributed by atoms with Crippen LogP contribution >= 0.6 is 11.6 Å². The van der Waals surface area contributed by atoms with Crippen LogP contribution in [0.4, 0.5) is 5.69 Å². The van der Waals surface area contributed by atoms with E-state index in [1.807, 2.05) is 37.3 Å². The molecule has 0 atom stereocenters. The molecule has 0 saturated heterocycles. The molecule has 3 rings (SSSR count). The van der Waals surface area contributed by atoms with Gasteiger partial charge in [0.05, 0.1) is 0 Å². The highest BCUT2D eigenvalue weighted by Gasteiger charge is 2.10. The van der Waals surface area contributed by atoms with Crippen molar-refractivity contribution in [3.8, 4) is 11.5 Å². The highest BCUT2D eigenvalue weighted by molar-refractivity contribution is 6.31. The fraction of sp³-hybridized carbons (Fsp3) is 0.0714. The summed E-state index contributed by atoms with van der Waals surface area (Å²) in [6.45, 7) is 1.95. The number of hydrogen-bond acceptors (Lipinski definition) is 3. The second-order valence-electron chi connectivity index (χ2n) is 4.21. The molecule has 0 aliphatic heterocycles. The minimum absolute atomic E-state index is 0.579. The number of hydrogen-bond donors (Lipinski definition) is 1. The molecule has 0 aliphatic rings. The second-order valence-corrected chi connectivity index (χ2v) is 4.65. The Kier molecular flexibility index (Phi) is 2.49. The average Bonchev–Trinajstić information content (AvgIpc) is 2.74. The summed E-state index contributed by atoms with van der Waals surface area (Å²) in [5.41, 5.74) is 9.79. The molecule has 0 saturated carbocycles. The van der Waals surface area contributed by atoms with Crippen molar-refractivity contribution in [1.29, 1.82) is 0 Å². The lowest BCUT2D eigenvalue weighted by atomic mass is 10.2. The molecule has 0 amide bonds. The third-order valence-electron chi connectivity index (χ3n) is 2.80. The van der Waals surface area contributed by atoms with Crippen LogP contribution in [0.1, 0.15) is 5.56 Å². The molecule has 4 heteroatoms. The van der Waals surface area contributed by atoms with E-state index in [1.165, 1.54) is 0 Å². The maximum absolute atomic E-state index is 6.00. The van der Waals surface area contributed by atoms with Gasteiger partial charge in [-0.25, -0.2) is 4.98 Å². The van der Waals surface area contributed by atoms with Gasteiger partial charge < -0.3 is 10.2 Å². The van der Waals surface area contributed by atoms with Crippen molar-refractivity contribution in [2.75, 3.05) is 5.73 Å². The Morgan fingerprint density at radius 1 is 1.17 bits per heavy atom. The maximum Gasteiger partial charge on any atom is 0.227 e. The Balaban J connectivity index is 2.19. The summed E-state index contributed by atoms with van der Waals surface area (Å²) >= 11 is 6.00. The van der Waals surface area contributed by atoms with E-state index in [4.69, 9.17) is 21.8 Å². The molecule has 0 fully saturated rings. The number of fused-ring (bicyclic) bond motifs is 1. The molecule has 0 spiro atoms. The number of aromatic nitrogens is 1. The summed E-state index contributed by atoms with van der Waals surface area (Å²) in [7, 11) is 0. The van der Waals surface area contributed by atoms with Gasteiger partial charge in [-0.15, -0.1) is 0 Å². The molecule has 3 aromatic rings. The summed E-state index contributed by atoms with van der Waals surface area (Å²) in [4.78, 5) is 4.44. The first-order valence-electron chi connectivity index (χ1n) is 5.56. The summed E-state index contributed by atoms with van der Waals surface area (Å²) in [5, 5.41) is 0.664. The van der Waals surface area contributed by atoms with E-state index in [9.17, 15) is 0 Å². The van der Waals surface area contributed by atoms with Gasteiger partial charge in [0.1, 0.15) is 5.52 Å². The molecule has 0 unspecified atom stereocenters. The van der Waals surface area contributed by atoms with E-state index in [2.05, 4.69) is 4.98 Å². The molecule has 1 heterocycles. The monoisotopic (exact) mass is 258 g/mol. The van der Waals surface area contributed by atoms with E-state index in [-0.39, 0.29) is 0 Å². The Bertz CT molecular complexity index is 716. The Labute approximate surface area is 109 Å². The fourth-order valence-corrected chi connectivity index (χ4v) is 2.17. The van der Waals surface area contributed by atoms with E-state index in [1.54, 1.807) is 6.07 Å². The van der Waals surface area contributed by atoms with Crippen molar-refractivity contribution in [3.63, 3.8) is 0 Å². The third-order valence-corrected chi connectivity index (χ3v) is 3.02. The van der Waals surface area contributed by atoms with Gasteiger partial charge in [-0.1, -0.05) is 11.6 Å². The number of benzene rings is 2. The van der Waals surface area contributed by atoms with E-state index in [0.717, 1.165) is 22.2 Å². The van der Waals surface area contributed by atoms with Gasteiger partial charge in [-0.3, -0.25) is 0 Å². The van der Waals surface area contributed by atoms with Crippen LogP contribution in [0.2, 0.25) is 5.02 Å². The molecule has 0 radical (unpaired) electrons. The molecular formula is C14H11ClN2O. The standard InChI is InChI=1S/C14H11ClN2O/c1-8-6-10(15)7-12-13(8)18-14(17-12)9-2-4-11(16)5-3-9/h2-7H,16H2,1H3. The zero-order chi connectivity index (χ0) is 12.7. The normalized spacial score (nSPS) is 11.0. The van der Waals surface area contributed by atoms with Crippen molar-refractivity contribution in [2.45, 2.75) is 6.92 Å². The van der Waals surface area contributed by atoms with Gasteiger partial charge >= 0.3 is 0 Å². The predicted molar refractivity (Wildman–Crippen MR) is 73.6 cm³/mol. The van der Waals surface area contributed by atoms with Crippen LogP contribution in [0.3, 0.4) is 0 Å². The van der Waals surface area contributed by atoms with Gasteiger partial charge in [0.2, 0.25) is 5.89 Å². The first-order chi connectivity index (χ1) is 8.63. The summed E-state index contributed by atoms with van der Waals surface area (Å²) in [6.07, 6.45) is 0.